The molecular formula is C17H21N3O3. The van der Waals surface area contributed by atoms with Crippen molar-refractivity contribution in [2.75, 3.05) is 6.54 Å². The predicted molar refractivity (Wildman–Crippen MR) is 87.5 cm³/mol. The molecule has 0 saturated carbocycles. The van der Waals surface area contributed by atoms with Gasteiger partial charge in [0.15, 0.2) is 0 Å². The van der Waals surface area contributed by atoms with Crippen LogP contribution in [0.25, 0.3) is 0 Å². The molecule has 0 fully saturated rings. The van der Waals surface area contributed by atoms with E-state index in [0.29, 0.717) is 19.5 Å². The number of amides is 1. The van der Waals surface area contributed by atoms with Crippen molar-refractivity contribution in [3.8, 4) is 5.75 Å². The molecule has 6 heteroatoms. The predicted octanol–water partition coefficient (Wildman–Crippen LogP) is 1.72. The van der Waals surface area contributed by atoms with E-state index in [1.165, 1.54) is 16.8 Å². The number of phenols is 1. The van der Waals surface area contributed by atoms with Crippen LogP contribution in [0.1, 0.15) is 35.8 Å². The van der Waals surface area contributed by atoms with Crippen molar-refractivity contribution in [2.45, 2.75) is 32.7 Å². The number of carbonyl (C=O) groups is 1. The minimum atomic E-state index is -0.310. The largest absolute Gasteiger partial charge is 0.508 e. The second-order valence-electron chi connectivity index (χ2n) is 5.31. The third-order valence-corrected chi connectivity index (χ3v) is 3.43. The van der Waals surface area contributed by atoms with Gasteiger partial charge in [-0.05, 0) is 36.6 Å². The van der Waals surface area contributed by atoms with Crippen LogP contribution < -0.4 is 10.9 Å². The van der Waals surface area contributed by atoms with Gasteiger partial charge in [0.05, 0.1) is 0 Å². The van der Waals surface area contributed by atoms with Crippen LogP contribution >= 0.6 is 0 Å². The number of rotatable bonds is 7. The highest BCUT2D eigenvalue weighted by atomic mass is 16.3. The molecule has 0 unspecified atom stereocenters. The Bertz CT molecular complexity index is 725. The Kier molecular flexibility index (Phi) is 5.91. The van der Waals surface area contributed by atoms with Gasteiger partial charge in [0.1, 0.15) is 11.4 Å². The molecule has 0 spiro atoms. The molecule has 0 radical (unpaired) electrons. The van der Waals surface area contributed by atoms with E-state index < -0.39 is 0 Å². The van der Waals surface area contributed by atoms with Crippen molar-refractivity contribution in [2.24, 2.45) is 0 Å². The third kappa shape index (κ3) is 4.95. The zero-order valence-corrected chi connectivity index (χ0v) is 13.2. The summed E-state index contributed by atoms with van der Waals surface area (Å²) in [5, 5.41) is 16.3. The Labute approximate surface area is 134 Å². The van der Waals surface area contributed by atoms with Crippen LogP contribution in [0.4, 0.5) is 0 Å². The van der Waals surface area contributed by atoms with Gasteiger partial charge in [0.25, 0.3) is 11.5 Å². The fourth-order valence-corrected chi connectivity index (χ4v) is 2.16. The standard InChI is InChI=1S/C17H21N3O3/c1-2-3-11-20-16(22)8-7-15(19-20)17(23)18-10-9-13-5-4-6-14(21)12-13/h4-8,12,21H,2-3,9-11H2,1H3,(H,18,23). The Hall–Kier alpha value is -2.63. The molecule has 0 saturated heterocycles. The highest BCUT2D eigenvalue weighted by Gasteiger charge is 2.09. The van der Waals surface area contributed by atoms with Crippen LogP contribution in [0.15, 0.2) is 41.2 Å². The molecular weight excluding hydrogens is 294 g/mol. The Balaban J connectivity index is 1.94. The van der Waals surface area contributed by atoms with Crippen LogP contribution in [0.2, 0.25) is 0 Å². The average molecular weight is 315 g/mol. The van der Waals surface area contributed by atoms with Crippen molar-refractivity contribution in [1.29, 1.82) is 0 Å². The monoisotopic (exact) mass is 315 g/mol. The number of hydrogen-bond donors (Lipinski definition) is 2. The fourth-order valence-electron chi connectivity index (χ4n) is 2.16. The minimum absolute atomic E-state index is 0.199. The van der Waals surface area contributed by atoms with E-state index in [2.05, 4.69) is 10.4 Å². The lowest BCUT2D eigenvalue weighted by molar-refractivity contribution is 0.0946. The molecule has 1 amide bonds. The van der Waals surface area contributed by atoms with Gasteiger partial charge in [0, 0.05) is 19.2 Å². The second-order valence-corrected chi connectivity index (χ2v) is 5.31. The lowest BCUT2D eigenvalue weighted by Crippen LogP contribution is -2.30. The van der Waals surface area contributed by atoms with Crippen molar-refractivity contribution in [3.63, 3.8) is 0 Å². The summed E-state index contributed by atoms with van der Waals surface area (Å²) in [6.45, 7) is 2.97. The zero-order chi connectivity index (χ0) is 16.7. The van der Waals surface area contributed by atoms with Gasteiger partial charge in [-0.25, -0.2) is 4.68 Å². The molecule has 0 bridgehead atoms. The summed E-state index contributed by atoms with van der Waals surface area (Å²) in [6.07, 6.45) is 2.40. The first kappa shape index (κ1) is 16.7. The van der Waals surface area contributed by atoms with Crippen molar-refractivity contribution in [3.05, 3.63) is 58.0 Å². The van der Waals surface area contributed by atoms with E-state index in [-0.39, 0.29) is 22.9 Å². The van der Waals surface area contributed by atoms with Gasteiger partial charge >= 0.3 is 0 Å². The van der Waals surface area contributed by atoms with Gasteiger partial charge in [-0.3, -0.25) is 9.59 Å². The molecule has 1 heterocycles. The molecule has 2 aromatic rings. The quantitative estimate of drug-likeness (QED) is 0.815. The summed E-state index contributed by atoms with van der Waals surface area (Å²) >= 11 is 0. The van der Waals surface area contributed by atoms with Crippen LogP contribution in [-0.4, -0.2) is 27.3 Å². The summed E-state index contributed by atoms with van der Waals surface area (Å²) < 4.78 is 1.33. The molecule has 0 aliphatic rings. The van der Waals surface area contributed by atoms with Gasteiger partial charge in [-0.2, -0.15) is 5.10 Å². The third-order valence-electron chi connectivity index (χ3n) is 3.43. The zero-order valence-electron chi connectivity index (χ0n) is 13.2. The first-order valence-electron chi connectivity index (χ1n) is 7.74. The molecule has 6 nitrogen and oxygen atoms in total. The van der Waals surface area contributed by atoms with Gasteiger partial charge in [-0.15, -0.1) is 0 Å². The summed E-state index contributed by atoms with van der Waals surface area (Å²) in [7, 11) is 0. The first-order valence-corrected chi connectivity index (χ1v) is 7.74. The number of carbonyl (C=O) groups excluding carboxylic acids is 1. The number of benzene rings is 1. The number of phenolic OH excluding ortho intramolecular Hbond substituents is 1. The van der Waals surface area contributed by atoms with Crippen molar-refractivity contribution >= 4 is 5.91 Å². The van der Waals surface area contributed by atoms with Gasteiger partial charge in [0.2, 0.25) is 0 Å². The molecule has 1 aromatic carbocycles. The van der Waals surface area contributed by atoms with Gasteiger partial charge in [-0.1, -0.05) is 25.5 Å². The number of aryl methyl sites for hydroxylation is 1. The topological polar surface area (TPSA) is 84.2 Å². The molecule has 2 rings (SSSR count). The van der Waals surface area contributed by atoms with E-state index in [0.717, 1.165) is 18.4 Å². The lowest BCUT2D eigenvalue weighted by atomic mass is 10.1. The van der Waals surface area contributed by atoms with E-state index in [1.807, 2.05) is 13.0 Å². The highest BCUT2D eigenvalue weighted by Crippen LogP contribution is 2.10. The maximum absolute atomic E-state index is 12.1. The van der Waals surface area contributed by atoms with E-state index >= 15 is 0 Å². The fraction of sp³-hybridized carbons (Fsp3) is 0.353. The molecule has 0 aliphatic heterocycles. The molecule has 0 aliphatic carbocycles. The Morgan fingerprint density at radius 2 is 2.13 bits per heavy atom. The number of nitrogens with zero attached hydrogens (tertiary/aromatic N) is 2. The molecule has 122 valence electrons. The number of aromatic nitrogens is 2. The first-order chi connectivity index (χ1) is 11.1. The second kappa shape index (κ2) is 8.12. The van der Waals surface area contributed by atoms with E-state index in [1.54, 1.807) is 18.2 Å². The summed E-state index contributed by atoms with van der Waals surface area (Å²) in [4.78, 5) is 23.8. The lowest BCUT2D eigenvalue weighted by Gasteiger charge is -2.07. The van der Waals surface area contributed by atoms with E-state index in [4.69, 9.17) is 0 Å². The normalized spacial score (nSPS) is 10.5. The highest BCUT2D eigenvalue weighted by molar-refractivity contribution is 5.91. The smallest absolute Gasteiger partial charge is 0.271 e. The maximum atomic E-state index is 12.1. The van der Waals surface area contributed by atoms with E-state index in [9.17, 15) is 14.7 Å². The molecule has 23 heavy (non-hydrogen) atoms. The number of unbranched alkanes of at least 4 members (excludes halogenated alkanes) is 1. The van der Waals surface area contributed by atoms with Gasteiger partial charge < -0.3 is 10.4 Å². The Morgan fingerprint density at radius 3 is 2.87 bits per heavy atom. The maximum Gasteiger partial charge on any atom is 0.271 e. The van der Waals surface area contributed by atoms with Crippen molar-refractivity contribution < 1.29 is 9.90 Å². The SMILES string of the molecule is CCCCn1nc(C(=O)NCCc2cccc(O)c2)ccc1=O. The number of nitrogens with one attached hydrogen (secondary N) is 1. The average Bonchev–Trinajstić information content (AvgIpc) is 2.54. The number of aromatic hydroxyl groups is 1. The molecule has 1 aromatic heterocycles. The Morgan fingerprint density at radius 1 is 1.30 bits per heavy atom. The minimum Gasteiger partial charge on any atom is -0.508 e. The van der Waals surface area contributed by atoms with Crippen LogP contribution in [0.3, 0.4) is 0 Å². The van der Waals surface area contributed by atoms with Crippen LogP contribution in [-0.2, 0) is 13.0 Å². The van der Waals surface area contributed by atoms with Crippen molar-refractivity contribution in [1.82, 2.24) is 15.1 Å². The number of hydrogen-bond acceptors (Lipinski definition) is 4. The van der Waals surface area contributed by atoms with Crippen LogP contribution in [0.5, 0.6) is 5.75 Å². The summed E-state index contributed by atoms with van der Waals surface area (Å²) in [6, 6.07) is 9.72. The summed E-state index contributed by atoms with van der Waals surface area (Å²) in [5.74, 6) is -0.103. The molecule has 0 atom stereocenters. The summed E-state index contributed by atoms with van der Waals surface area (Å²) in [5.41, 5.74) is 0.970. The van der Waals surface area contributed by atoms with Crippen LogP contribution in [0, 0.1) is 0 Å². The molecule has 2 N–H and O–H groups in total.